The van der Waals surface area contributed by atoms with E-state index >= 15 is 0 Å². The van der Waals surface area contributed by atoms with Crippen molar-refractivity contribution in [3.05, 3.63) is 29.8 Å². The zero-order chi connectivity index (χ0) is 14.4. The number of carbonyl (C=O) groups excluding carboxylic acids is 2. The molecule has 1 unspecified atom stereocenters. The Kier molecular flexibility index (Phi) is 5.12. The van der Waals surface area contributed by atoms with Gasteiger partial charge in [0.15, 0.2) is 0 Å². The number of hydrogen-bond acceptors (Lipinski definition) is 3. The third kappa shape index (κ3) is 4.35. The standard InChI is InChI=1S/C15H21N3O2/c1-11(19)18-14-4-2-12(3-5-14)6-9-17-15(20)13-7-8-16-10-13/h2-5,13,16H,6-10H2,1H3,(H,17,20)(H,18,19). The van der Waals surface area contributed by atoms with Gasteiger partial charge in [0.25, 0.3) is 0 Å². The van der Waals surface area contributed by atoms with E-state index in [1.54, 1.807) is 0 Å². The summed E-state index contributed by atoms with van der Waals surface area (Å²) >= 11 is 0. The normalized spacial score (nSPS) is 17.8. The molecule has 5 nitrogen and oxygen atoms in total. The Morgan fingerprint density at radius 3 is 2.65 bits per heavy atom. The first kappa shape index (κ1) is 14.5. The van der Waals surface area contributed by atoms with Crippen molar-refractivity contribution < 1.29 is 9.59 Å². The van der Waals surface area contributed by atoms with Gasteiger partial charge in [0.2, 0.25) is 11.8 Å². The molecule has 1 heterocycles. The molecule has 2 rings (SSSR count). The highest BCUT2D eigenvalue weighted by Gasteiger charge is 2.21. The number of carbonyl (C=O) groups is 2. The molecule has 1 aliphatic heterocycles. The zero-order valence-corrected chi connectivity index (χ0v) is 11.7. The van der Waals surface area contributed by atoms with Crippen molar-refractivity contribution in [2.24, 2.45) is 5.92 Å². The molecule has 0 aromatic heterocycles. The van der Waals surface area contributed by atoms with Crippen LogP contribution in [0.3, 0.4) is 0 Å². The van der Waals surface area contributed by atoms with Crippen molar-refractivity contribution in [3.63, 3.8) is 0 Å². The van der Waals surface area contributed by atoms with E-state index in [9.17, 15) is 9.59 Å². The molecule has 20 heavy (non-hydrogen) atoms. The van der Waals surface area contributed by atoms with Crippen LogP contribution in [0.1, 0.15) is 18.9 Å². The van der Waals surface area contributed by atoms with Gasteiger partial charge in [-0.2, -0.15) is 0 Å². The van der Waals surface area contributed by atoms with Crippen molar-refractivity contribution in [2.75, 3.05) is 25.0 Å². The molecule has 0 bridgehead atoms. The molecule has 0 aliphatic carbocycles. The fraction of sp³-hybridized carbons (Fsp3) is 0.467. The second-order valence-electron chi connectivity index (χ2n) is 5.11. The largest absolute Gasteiger partial charge is 0.355 e. The van der Waals surface area contributed by atoms with Crippen LogP contribution in [0.15, 0.2) is 24.3 Å². The van der Waals surface area contributed by atoms with Crippen LogP contribution in [-0.2, 0) is 16.0 Å². The maximum atomic E-state index is 11.8. The molecular formula is C15H21N3O2. The van der Waals surface area contributed by atoms with Crippen LogP contribution in [0.4, 0.5) is 5.69 Å². The van der Waals surface area contributed by atoms with E-state index < -0.39 is 0 Å². The molecule has 0 radical (unpaired) electrons. The van der Waals surface area contributed by atoms with Crippen LogP contribution in [0.2, 0.25) is 0 Å². The molecule has 5 heteroatoms. The molecule has 3 N–H and O–H groups in total. The topological polar surface area (TPSA) is 70.2 Å². The summed E-state index contributed by atoms with van der Waals surface area (Å²) in [5.41, 5.74) is 1.94. The van der Waals surface area contributed by atoms with Crippen LogP contribution in [0, 0.1) is 5.92 Å². The number of nitrogens with one attached hydrogen (secondary N) is 3. The summed E-state index contributed by atoms with van der Waals surface area (Å²) in [6.07, 6.45) is 1.73. The van der Waals surface area contributed by atoms with E-state index in [0.717, 1.165) is 37.2 Å². The van der Waals surface area contributed by atoms with Crippen molar-refractivity contribution in [2.45, 2.75) is 19.8 Å². The van der Waals surface area contributed by atoms with Gasteiger partial charge in [-0.25, -0.2) is 0 Å². The molecule has 0 saturated carbocycles. The second kappa shape index (κ2) is 7.05. The van der Waals surface area contributed by atoms with Crippen LogP contribution < -0.4 is 16.0 Å². The number of anilines is 1. The molecule has 1 saturated heterocycles. The molecular weight excluding hydrogens is 254 g/mol. The summed E-state index contributed by atoms with van der Waals surface area (Å²) in [4.78, 5) is 22.7. The molecule has 108 valence electrons. The minimum Gasteiger partial charge on any atom is -0.355 e. The smallest absolute Gasteiger partial charge is 0.224 e. The van der Waals surface area contributed by atoms with Crippen molar-refractivity contribution in [3.8, 4) is 0 Å². The molecule has 1 aromatic rings. The summed E-state index contributed by atoms with van der Waals surface area (Å²) in [5.74, 6) is 0.192. The highest BCUT2D eigenvalue weighted by molar-refractivity contribution is 5.88. The first-order valence-corrected chi connectivity index (χ1v) is 7.00. The SMILES string of the molecule is CC(=O)Nc1ccc(CCNC(=O)C2CCNC2)cc1. The van der Waals surface area contributed by atoms with Gasteiger partial charge in [-0.3, -0.25) is 9.59 Å². The number of benzene rings is 1. The first-order chi connectivity index (χ1) is 9.65. The van der Waals surface area contributed by atoms with Crippen LogP contribution in [0.25, 0.3) is 0 Å². The predicted octanol–water partition coefficient (Wildman–Crippen LogP) is 0.913. The summed E-state index contributed by atoms with van der Waals surface area (Å²) < 4.78 is 0. The first-order valence-electron chi connectivity index (χ1n) is 7.00. The monoisotopic (exact) mass is 275 g/mol. The number of rotatable bonds is 5. The molecule has 1 aliphatic rings. The summed E-state index contributed by atoms with van der Waals surface area (Å²) in [6, 6.07) is 7.68. The van der Waals surface area contributed by atoms with E-state index in [-0.39, 0.29) is 17.7 Å². The Morgan fingerprint density at radius 2 is 2.05 bits per heavy atom. The Labute approximate surface area is 119 Å². The fourth-order valence-electron chi connectivity index (χ4n) is 2.31. The zero-order valence-electron chi connectivity index (χ0n) is 11.7. The van der Waals surface area contributed by atoms with E-state index in [2.05, 4.69) is 16.0 Å². The fourth-order valence-corrected chi connectivity index (χ4v) is 2.31. The van der Waals surface area contributed by atoms with E-state index in [0.29, 0.717) is 6.54 Å². The lowest BCUT2D eigenvalue weighted by Crippen LogP contribution is -2.33. The molecule has 0 spiro atoms. The highest BCUT2D eigenvalue weighted by atomic mass is 16.2. The molecule has 2 amide bonds. The van der Waals surface area contributed by atoms with Gasteiger partial charge >= 0.3 is 0 Å². The minimum atomic E-state index is -0.0739. The summed E-state index contributed by atoms with van der Waals surface area (Å²) in [6.45, 7) is 3.86. The second-order valence-corrected chi connectivity index (χ2v) is 5.11. The van der Waals surface area contributed by atoms with E-state index in [1.807, 2.05) is 24.3 Å². The summed E-state index contributed by atoms with van der Waals surface area (Å²) in [5, 5.41) is 8.89. The average Bonchev–Trinajstić information content (AvgIpc) is 2.94. The Balaban J connectivity index is 1.73. The average molecular weight is 275 g/mol. The maximum absolute atomic E-state index is 11.8. The lowest BCUT2D eigenvalue weighted by molar-refractivity contribution is -0.124. The number of hydrogen-bond donors (Lipinski definition) is 3. The van der Waals surface area contributed by atoms with Gasteiger partial charge < -0.3 is 16.0 Å². The Morgan fingerprint density at radius 1 is 1.30 bits per heavy atom. The van der Waals surface area contributed by atoms with Crippen molar-refractivity contribution in [1.82, 2.24) is 10.6 Å². The highest BCUT2D eigenvalue weighted by Crippen LogP contribution is 2.10. The molecule has 1 aromatic carbocycles. The van der Waals surface area contributed by atoms with Gasteiger partial charge in [0, 0.05) is 25.7 Å². The van der Waals surface area contributed by atoms with Gasteiger partial charge in [-0.15, -0.1) is 0 Å². The van der Waals surface area contributed by atoms with E-state index in [1.165, 1.54) is 6.92 Å². The van der Waals surface area contributed by atoms with E-state index in [4.69, 9.17) is 0 Å². The Hall–Kier alpha value is -1.88. The predicted molar refractivity (Wildman–Crippen MR) is 78.4 cm³/mol. The van der Waals surface area contributed by atoms with Crippen LogP contribution >= 0.6 is 0 Å². The molecule has 1 fully saturated rings. The van der Waals surface area contributed by atoms with Gasteiger partial charge in [0.1, 0.15) is 0 Å². The van der Waals surface area contributed by atoms with Crippen LogP contribution in [0.5, 0.6) is 0 Å². The minimum absolute atomic E-state index is 0.0739. The van der Waals surface area contributed by atoms with Gasteiger partial charge in [0.05, 0.1) is 5.92 Å². The lowest BCUT2D eigenvalue weighted by Gasteiger charge is -2.10. The number of amides is 2. The van der Waals surface area contributed by atoms with Crippen molar-refractivity contribution in [1.29, 1.82) is 0 Å². The maximum Gasteiger partial charge on any atom is 0.224 e. The van der Waals surface area contributed by atoms with Crippen LogP contribution in [-0.4, -0.2) is 31.4 Å². The van der Waals surface area contributed by atoms with Crippen molar-refractivity contribution >= 4 is 17.5 Å². The Bertz CT molecular complexity index is 465. The third-order valence-corrected chi connectivity index (χ3v) is 3.42. The van der Waals surface area contributed by atoms with Gasteiger partial charge in [-0.05, 0) is 37.1 Å². The third-order valence-electron chi connectivity index (χ3n) is 3.42. The quantitative estimate of drug-likeness (QED) is 0.748. The lowest BCUT2D eigenvalue weighted by atomic mass is 10.1. The molecule has 1 atom stereocenters. The van der Waals surface area contributed by atoms with Gasteiger partial charge in [-0.1, -0.05) is 12.1 Å². The summed E-state index contributed by atoms with van der Waals surface area (Å²) in [7, 11) is 0.